The van der Waals surface area contributed by atoms with E-state index in [1.165, 1.54) is 0 Å². The van der Waals surface area contributed by atoms with Crippen LogP contribution < -0.4 is 0 Å². The average Bonchev–Trinajstić information content (AvgIpc) is 2.13. The predicted molar refractivity (Wildman–Crippen MR) is 42.2 cm³/mol. The normalized spacial score (nSPS) is 28.9. The Bertz CT molecular complexity index is 119. The standard InChI is InChI=1S/C8H16FNO/c1-7(2)10-4-3-8(9)11-6-5-10/h7-8H,3-6H2,1-2H3. The number of nitrogens with zero attached hydrogens (tertiary/aromatic N) is 1. The zero-order chi connectivity index (χ0) is 8.27. The molecule has 1 aliphatic rings. The molecule has 1 atom stereocenters. The van der Waals surface area contributed by atoms with Crippen molar-refractivity contribution >= 4 is 0 Å². The third-order valence-corrected chi connectivity index (χ3v) is 2.05. The predicted octanol–water partition coefficient (Wildman–Crippen LogP) is 1.41. The number of ether oxygens (including phenoxy) is 1. The summed E-state index contributed by atoms with van der Waals surface area (Å²) in [4.78, 5) is 2.24. The van der Waals surface area contributed by atoms with Crippen molar-refractivity contribution in [1.82, 2.24) is 4.90 Å². The number of hydrogen-bond donors (Lipinski definition) is 0. The topological polar surface area (TPSA) is 12.5 Å². The Hall–Kier alpha value is -0.150. The lowest BCUT2D eigenvalue weighted by Gasteiger charge is -2.22. The van der Waals surface area contributed by atoms with Crippen molar-refractivity contribution in [3.8, 4) is 0 Å². The van der Waals surface area contributed by atoms with Gasteiger partial charge in [0.05, 0.1) is 6.61 Å². The van der Waals surface area contributed by atoms with E-state index in [1.807, 2.05) is 0 Å². The number of halogens is 1. The smallest absolute Gasteiger partial charge is 0.200 e. The highest BCUT2D eigenvalue weighted by Gasteiger charge is 2.17. The van der Waals surface area contributed by atoms with Gasteiger partial charge < -0.3 is 4.74 Å². The molecule has 1 aliphatic heterocycles. The summed E-state index contributed by atoms with van der Waals surface area (Å²) >= 11 is 0. The number of alkyl halides is 1. The van der Waals surface area contributed by atoms with Gasteiger partial charge in [-0.2, -0.15) is 0 Å². The first kappa shape index (κ1) is 8.94. The van der Waals surface area contributed by atoms with Gasteiger partial charge in [-0.1, -0.05) is 0 Å². The van der Waals surface area contributed by atoms with Crippen molar-refractivity contribution < 1.29 is 9.13 Å². The molecule has 0 bridgehead atoms. The molecular weight excluding hydrogens is 145 g/mol. The number of rotatable bonds is 1. The van der Waals surface area contributed by atoms with E-state index in [-0.39, 0.29) is 0 Å². The fourth-order valence-corrected chi connectivity index (χ4v) is 1.28. The Labute approximate surface area is 67.3 Å². The van der Waals surface area contributed by atoms with Gasteiger partial charge in [0.25, 0.3) is 0 Å². The molecule has 0 radical (unpaired) electrons. The van der Waals surface area contributed by atoms with Gasteiger partial charge >= 0.3 is 0 Å². The lowest BCUT2D eigenvalue weighted by Crippen LogP contribution is -2.32. The fourth-order valence-electron chi connectivity index (χ4n) is 1.28. The van der Waals surface area contributed by atoms with Crippen LogP contribution in [0, 0.1) is 0 Å². The van der Waals surface area contributed by atoms with Crippen molar-refractivity contribution in [3.05, 3.63) is 0 Å². The van der Waals surface area contributed by atoms with Crippen molar-refractivity contribution in [3.63, 3.8) is 0 Å². The summed E-state index contributed by atoms with van der Waals surface area (Å²) in [5, 5.41) is 0. The summed E-state index contributed by atoms with van der Waals surface area (Å²) < 4.78 is 17.5. The molecule has 0 spiro atoms. The molecule has 11 heavy (non-hydrogen) atoms. The van der Waals surface area contributed by atoms with E-state index in [2.05, 4.69) is 18.7 Å². The summed E-state index contributed by atoms with van der Waals surface area (Å²) in [7, 11) is 0. The lowest BCUT2D eigenvalue weighted by molar-refractivity contribution is -0.0302. The van der Waals surface area contributed by atoms with E-state index < -0.39 is 6.36 Å². The molecule has 66 valence electrons. The molecular formula is C8H16FNO. The highest BCUT2D eigenvalue weighted by molar-refractivity contribution is 4.66. The van der Waals surface area contributed by atoms with Crippen LogP contribution in [0.25, 0.3) is 0 Å². The second-order valence-electron chi connectivity index (χ2n) is 3.20. The first-order valence-electron chi connectivity index (χ1n) is 4.20. The maximum Gasteiger partial charge on any atom is 0.200 e. The maximum absolute atomic E-state index is 12.6. The first-order valence-corrected chi connectivity index (χ1v) is 4.20. The minimum absolute atomic E-state index is 0.504. The first-order chi connectivity index (χ1) is 5.20. The largest absolute Gasteiger partial charge is 0.347 e. The van der Waals surface area contributed by atoms with E-state index in [4.69, 9.17) is 4.74 Å². The molecule has 2 nitrogen and oxygen atoms in total. The SMILES string of the molecule is CC(C)N1CCOC(F)CC1. The van der Waals surface area contributed by atoms with Crippen LogP contribution in [0.2, 0.25) is 0 Å². The van der Waals surface area contributed by atoms with Crippen LogP contribution in [0.3, 0.4) is 0 Å². The zero-order valence-electron chi connectivity index (χ0n) is 7.22. The van der Waals surface area contributed by atoms with Crippen LogP contribution in [0.1, 0.15) is 20.3 Å². The summed E-state index contributed by atoms with van der Waals surface area (Å²) in [6.45, 7) is 6.45. The highest BCUT2D eigenvalue weighted by Crippen LogP contribution is 2.09. The monoisotopic (exact) mass is 161 g/mol. The Morgan fingerprint density at radius 2 is 2.18 bits per heavy atom. The lowest BCUT2D eigenvalue weighted by atomic mass is 10.3. The Kier molecular flexibility index (Phi) is 3.27. The molecule has 0 saturated carbocycles. The highest BCUT2D eigenvalue weighted by atomic mass is 19.1. The number of hydrogen-bond acceptors (Lipinski definition) is 2. The third kappa shape index (κ3) is 2.75. The molecule has 0 amide bonds. The molecule has 0 aliphatic carbocycles. The van der Waals surface area contributed by atoms with Gasteiger partial charge in [0.15, 0.2) is 6.36 Å². The van der Waals surface area contributed by atoms with Crippen molar-refractivity contribution in [2.24, 2.45) is 0 Å². The third-order valence-electron chi connectivity index (χ3n) is 2.05. The van der Waals surface area contributed by atoms with Crippen LogP contribution >= 0.6 is 0 Å². The summed E-state index contributed by atoms with van der Waals surface area (Å²) in [6.07, 6.45) is -0.531. The van der Waals surface area contributed by atoms with Crippen LogP contribution in [-0.4, -0.2) is 37.0 Å². The molecule has 1 saturated heterocycles. The Morgan fingerprint density at radius 3 is 2.82 bits per heavy atom. The van der Waals surface area contributed by atoms with E-state index in [0.717, 1.165) is 13.1 Å². The van der Waals surface area contributed by atoms with Crippen molar-refractivity contribution in [1.29, 1.82) is 0 Å². The van der Waals surface area contributed by atoms with Gasteiger partial charge in [-0.15, -0.1) is 0 Å². The van der Waals surface area contributed by atoms with Crippen LogP contribution in [0.15, 0.2) is 0 Å². The van der Waals surface area contributed by atoms with Gasteiger partial charge in [0.1, 0.15) is 0 Å². The van der Waals surface area contributed by atoms with Crippen molar-refractivity contribution in [2.45, 2.75) is 32.7 Å². The quantitative estimate of drug-likeness (QED) is 0.576. The van der Waals surface area contributed by atoms with Crippen LogP contribution in [-0.2, 0) is 4.74 Å². The van der Waals surface area contributed by atoms with Gasteiger partial charge in [-0.05, 0) is 13.8 Å². The second-order valence-corrected chi connectivity index (χ2v) is 3.20. The molecule has 1 heterocycles. The molecule has 0 aromatic rings. The average molecular weight is 161 g/mol. The molecule has 3 heteroatoms. The van der Waals surface area contributed by atoms with Gasteiger partial charge in [0, 0.05) is 25.6 Å². The zero-order valence-corrected chi connectivity index (χ0v) is 7.22. The minimum atomic E-state index is -1.04. The van der Waals surface area contributed by atoms with E-state index >= 15 is 0 Å². The second kappa shape index (κ2) is 4.02. The van der Waals surface area contributed by atoms with E-state index in [9.17, 15) is 4.39 Å². The fraction of sp³-hybridized carbons (Fsp3) is 1.00. The molecule has 1 rings (SSSR count). The Balaban J connectivity index is 2.34. The summed E-state index contributed by atoms with van der Waals surface area (Å²) in [5.74, 6) is 0. The molecule has 1 unspecified atom stereocenters. The van der Waals surface area contributed by atoms with Gasteiger partial charge in [0.2, 0.25) is 0 Å². The van der Waals surface area contributed by atoms with E-state index in [1.54, 1.807) is 0 Å². The molecule has 0 aromatic carbocycles. The molecule has 0 aromatic heterocycles. The van der Waals surface area contributed by atoms with Gasteiger partial charge in [-0.25, -0.2) is 4.39 Å². The maximum atomic E-state index is 12.6. The summed E-state index contributed by atoms with van der Waals surface area (Å²) in [6, 6.07) is 0.504. The Morgan fingerprint density at radius 1 is 1.45 bits per heavy atom. The van der Waals surface area contributed by atoms with Crippen LogP contribution in [0.4, 0.5) is 4.39 Å². The van der Waals surface area contributed by atoms with Gasteiger partial charge in [-0.3, -0.25) is 4.90 Å². The van der Waals surface area contributed by atoms with Crippen LogP contribution in [0.5, 0.6) is 0 Å². The minimum Gasteiger partial charge on any atom is -0.347 e. The van der Waals surface area contributed by atoms with E-state index in [0.29, 0.717) is 19.1 Å². The van der Waals surface area contributed by atoms with Crippen molar-refractivity contribution in [2.75, 3.05) is 19.7 Å². The summed E-state index contributed by atoms with van der Waals surface area (Å²) in [5.41, 5.74) is 0. The molecule has 0 N–H and O–H groups in total. The molecule has 1 fully saturated rings.